The van der Waals surface area contributed by atoms with Crippen molar-refractivity contribution in [3.63, 3.8) is 0 Å². The molecule has 242 valence electrons. The monoisotopic (exact) mass is 641 g/mol. The van der Waals surface area contributed by atoms with Crippen LogP contribution in [0.4, 0.5) is 11.4 Å². The van der Waals surface area contributed by atoms with Gasteiger partial charge >= 0.3 is 0 Å². The number of aliphatic hydroxyl groups is 1. The number of hydrogen-bond donors (Lipinski definition) is 4. The van der Waals surface area contributed by atoms with Crippen molar-refractivity contribution in [2.24, 2.45) is 0 Å². The number of nitrogen functional groups attached to an aromatic ring is 1. The molecule has 0 radical (unpaired) electrons. The molecule has 0 spiro atoms. The van der Waals surface area contributed by atoms with Gasteiger partial charge in [-0.15, -0.1) is 0 Å². The number of aromatic nitrogens is 2. The first kappa shape index (κ1) is 33.1. The molecule has 3 aromatic carbocycles. The largest absolute Gasteiger partial charge is 0.398 e. The van der Waals surface area contributed by atoms with Crippen LogP contribution in [0.5, 0.6) is 0 Å². The molecule has 5 rings (SSSR count). The molecule has 1 aliphatic rings. The van der Waals surface area contributed by atoms with Crippen molar-refractivity contribution in [3.8, 4) is 5.69 Å². The summed E-state index contributed by atoms with van der Waals surface area (Å²) in [6, 6.07) is 22.8. The number of unbranched alkanes of at least 4 members (excludes halogenated alkanes) is 2. The molecular weight excluding hydrogens is 597 g/mol. The van der Waals surface area contributed by atoms with E-state index in [1.807, 2.05) is 83.2 Å². The SMILES string of the molecule is CCCCN(CCCC)C(=O)c1cc(C)[n+](-c2ccc(NSc3ccccc3N)cc2C(=O)N2Cc3ccccc3C[C@H]2CO)[nH]1. The average molecular weight is 642 g/mol. The third-order valence-electron chi connectivity index (χ3n) is 8.51. The number of rotatable bonds is 13. The molecule has 0 saturated heterocycles. The van der Waals surface area contributed by atoms with Gasteiger partial charge in [-0.2, -0.15) is 5.10 Å². The molecule has 2 heterocycles. The summed E-state index contributed by atoms with van der Waals surface area (Å²) in [6.07, 6.45) is 4.49. The van der Waals surface area contributed by atoms with Crippen molar-refractivity contribution in [1.82, 2.24) is 14.9 Å². The van der Waals surface area contributed by atoms with Crippen LogP contribution in [0.1, 0.15) is 77.2 Å². The van der Waals surface area contributed by atoms with Crippen LogP contribution in [0.2, 0.25) is 0 Å². The first-order valence-electron chi connectivity index (χ1n) is 16.2. The first-order valence-corrected chi connectivity index (χ1v) is 17.0. The zero-order chi connectivity index (χ0) is 32.6. The van der Waals surface area contributed by atoms with Gasteiger partial charge < -0.3 is 25.4 Å². The van der Waals surface area contributed by atoms with E-state index >= 15 is 0 Å². The lowest BCUT2D eigenvalue weighted by atomic mass is 9.93. The molecule has 0 bridgehead atoms. The minimum atomic E-state index is -0.358. The lowest BCUT2D eigenvalue weighted by molar-refractivity contribution is -0.661. The Morgan fingerprint density at radius 1 is 1.02 bits per heavy atom. The van der Waals surface area contributed by atoms with Crippen LogP contribution in [0.3, 0.4) is 0 Å². The fraction of sp³-hybridized carbons (Fsp3) is 0.361. The summed E-state index contributed by atoms with van der Waals surface area (Å²) in [5.74, 6) is -0.238. The highest BCUT2D eigenvalue weighted by Crippen LogP contribution is 2.30. The molecule has 4 aromatic rings. The molecule has 0 aliphatic carbocycles. The number of nitrogens with zero attached hydrogens (tertiary/aromatic N) is 3. The summed E-state index contributed by atoms with van der Waals surface area (Å²) in [7, 11) is 0. The fourth-order valence-electron chi connectivity index (χ4n) is 5.85. The quantitative estimate of drug-likeness (QED) is 0.0820. The van der Waals surface area contributed by atoms with E-state index in [4.69, 9.17) is 5.73 Å². The lowest BCUT2D eigenvalue weighted by Gasteiger charge is -2.36. The summed E-state index contributed by atoms with van der Waals surface area (Å²) in [5, 5.41) is 13.7. The Morgan fingerprint density at radius 3 is 2.41 bits per heavy atom. The van der Waals surface area contributed by atoms with Gasteiger partial charge in [0.25, 0.3) is 11.8 Å². The Balaban J connectivity index is 1.52. The van der Waals surface area contributed by atoms with Gasteiger partial charge in [0.05, 0.1) is 17.5 Å². The van der Waals surface area contributed by atoms with Crippen molar-refractivity contribution in [1.29, 1.82) is 0 Å². The summed E-state index contributed by atoms with van der Waals surface area (Å²) in [4.78, 5) is 32.7. The van der Waals surface area contributed by atoms with E-state index in [0.717, 1.165) is 53.1 Å². The number of aromatic amines is 1. The van der Waals surface area contributed by atoms with Crippen LogP contribution in [0.15, 0.2) is 77.7 Å². The van der Waals surface area contributed by atoms with Gasteiger partial charge in [0.15, 0.2) is 5.69 Å². The van der Waals surface area contributed by atoms with Crippen LogP contribution in [0, 0.1) is 6.92 Å². The smallest absolute Gasteiger partial charge is 0.276 e. The van der Waals surface area contributed by atoms with Crippen LogP contribution >= 0.6 is 11.9 Å². The number of aryl methyl sites for hydroxylation is 1. The molecule has 10 heteroatoms. The summed E-state index contributed by atoms with van der Waals surface area (Å²) in [5.41, 5.74) is 12.1. The highest BCUT2D eigenvalue weighted by Gasteiger charge is 2.34. The predicted molar refractivity (Wildman–Crippen MR) is 184 cm³/mol. The molecular formula is C36H45N6O3S+. The molecule has 1 aromatic heterocycles. The number of carbonyl (C=O) groups excluding carboxylic acids is 2. The maximum Gasteiger partial charge on any atom is 0.276 e. The maximum atomic E-state index is 14.5. The van der Waals surface area contributed by atoms with Crippen molar-refractivity contribution in [2.75, 3.05) is 30.2 Å². The lowest BCUT2D eigenvalue weighted by Crippen LogP contribution is -2.47. The minimum Gasteiger partial charge on any atom is -0.398 e. The number of carbonyl (C=O) groups is 2. The van der Waals surface area contributed by atoms with E-state index in [1.54, 1.807) is 4.90 Å². The predicted octanol–water partition coefficient (Wildman–Crippen LogP) is 5.90. The molecule has 9 nitrogen and oxygen atoms in total. The zero-order valence-electron chi connectivity index (χ0n) is 27.0. The Hall–Kier alpha value is -4.28. The number of hydrogen-bond acceptors (Lipinski definition) is 6. The van der Waals surface area contributed by atoms with E-state index in [9.17, 15) is 14.7 Å². The number of nitrogens with two attached hydrogens (primary N) is 1. The first-order chi connectivity index (χ1) is 22.3. The number of benzene rings is 3. The highest BCUT2D eigenvalue weighted by atomic mass is 32.2. The maximum absolute atomic E-state index is 14.5. The van der Waals surface area contributed by atoms with Gasteiger partial charge in [-0.05, 0) is 66.6 Å². The summed E-state index contributed by atoms with van der Waals surface area (Å²) in [6.45, 7) is 7.85. The van der Waals surface area contributed by atoms with Crippen molar-refractivity contribution in [3.05, 3.63) is 101 Å². The standard InChI is InChI=1S/C36H44N6O3S/c1-4-6-18-40(19-7-5-2)36(45)32-20-25(3)42(38-32)33-17-16-28(39-46-34-15-11-10-14-31(34)37)22-30(33)35(44)41-23-27-13-9-8-12-26(27)21-29(41)24-43/h8-17,20,22,29,39,43H,4-7,18-19,21,23-24,37H2,1-3H3/p+1/t29-/m0/s1. The molecule has 0 fully saturated rings. The van der Waals surface area contributed by atoms with Crippen LogP contribution in [-0.4, -0.2) is 57.6 Å². The number of H-pyrrole nitrogens is 1. The van der Waals surface area contributed by atoms with Crippen LogP contribution < -0.4 is 15.1 Å². The van der Waals surface area contributed by atoms with E-state index in [2.05, 4.69) is 29.7 Å². The highest BCUT2D eigenvalue weighted by molar-refractivity contribution is 8.00. The normalized spacial score (nSPS) is 14.2. The molecule has 1 aliphatic heterocycles. The van der Waals surface area contributed by atoms with E-state index < -0.39 is 0 Å². The Kier molecular flexibility index (Phi) is 11.0. The number of amides is 2. The Morgan fingerprint density at radius 2 is 1.72 bits per heavy atom. The Bertz CT molecular complexity index is 1660. The van der Waals surface area contributed by atoms with Gasteiger partial charge in [-0.25, -0.2) is 0 Å². The number of para-hydroxylation sites is 1. The number of aliphatic hydroxyl groups excluding tert-OH is 1. The molecule has 2 amide bonds. The minimum absolute atomic E-state index is 0.0419. The average Bonchev–Trinajstić information content (AvgIpc) is 3.47. The third-order valence-corrected chi connectivity index (χ3v) is 9.44. The van der Waals surface area contributed by atoms with Crippen molar-refractivity contribution < 1.29 is 19.4 Å². The van der Waals surface area contributed by atoms with Gasteiger partial charge in [0.2, 0.25) is 11.4 Å². The molecule has 1 atom stereocenters. The second kappa shape index (κ2) is 15.3. The zero-order valence-corrected chi connectivity index (χ0v) is 27.8. The molecule has 46 heavy (non-hydrogen) atoms. The second-order valence-electron chi connectivity index (χ2n) is 11.9. The summed E-state index contributed by atoms with van der Waals surface area (Å²) >= 11 is 1.38. The second-order valence-corrected chi connectivity index (χ2v) is 12.7. The van der Waals surface area contributed by atoms with E-state index in [1.165, 1.54) is 11.9 Å². The number of fused-ring (bicyclic) bond motifs is 1. The Labute approximate surface area is 275 Å². The summed E-state index contributed by atoms with van der Waals surface area (Å²) < 4.78 is 5.16. The van der Waals surface area contributed by atoms with Crippen molar-refractivity contribution >= 4 is 35.1 Å². The molecule has 0 unspecified atom stereocenters. The molecule has 5 N–H and O–H groups in total. The van der Waals surface area contributed by atoms with E-state index in [0.29, 0.717) is 48.7 Å². The fourth-order valence-corrected chi connectivity index (χ4v) is 6.54. The number of nitrogens with one attached hydrogen (secondary N) is 2. The van der Waals surface area contributed by atoms with Gasteiger partial charge in [-0.1, -0.05) is 67.8 Å². The third kappa shape index (κ3) is 7.40. The van der Waals surface area contributed by atoms with Crippen LogP contribution in [0.25, 0.3) is 5.69 Å². The van der Waals surface area contributed by atoms with Gasteiger partial charge in [-0.3, -0.25) is 9.59 Å². The topological polar surface area (TPSA) is 119 Å². The van der Waals surface area contributed by atoms with Crippen molar-refractivity contribution in [2.45, 2.75) is 70.4 Å². The van der Waals surface area contributed by atoms with Crippen LogP contribution in [-0.2, 0) is 13.0 Å². The molecule has 0 saturated carbocycles. The van der Waals surface area contributed by atoms with Gasteiger partial charge in [0, 0.05) is 50.1 Å². The van der Waals surface area contributed by atoms with E-state index in [-0.39, 0.29) is 24.5 Å². The van der Waals surface area contributed by atoms with Gasteiger partial charge in [0.1, 0.15) is 5.56 Å². The number of anilines is 2.